The minimum atomic E-state index is -1.03. The van der Waals surface area contributed by atoms with Gasteiger partial charge in [0.2, 0.25) is 0 Å². The van der Waals surface area contributed by atoms with Crippen LogP contribution in [-0.2, 0) is 4.79 Å². The van der Waals surface area contributed by atoms with E-state index in [-0.39, 0.29) is 5.82 Å². The lowest BCUT2D eigenvalue weighted by molar-refractivity contribution is -0.131. The second kappa shape index (κ2) is 5.87. The van der Waals surface area contributed by atoms with Crippen molar-refractivity contribution in [3.63, 3.8) is 0 Å². The molecule has 0 unspecified atom stereocenters. The Kier molecular flexibility index (Phi) is 4.20. The number of anilines is 1. The van der Waals surface area contributed by atoms with Crippen LogP contribution in [0.4, 0.5) is 10.1 Å². The minimum Gasteiger partial charge on any atom is -0.478 e. The summed E-state index contributed by atoms with van der Waals surface area (Å²) >= 11 is 0. The molecule has 0 aliphatic heterocycles. The maximum atomic E-state index is 14.1. The molecular weight excluding hydrogens is 245 g/mol. The van der Waals surface area contributed by atoms with Gasteiger partial charge in [-0.05, 0) is 49.5 Å². The molecule has 0 saturated heterocycles. The third kappa shape index (κ3) is 3.81. The standard InChI is InChI=1S/C15H18FNO2/c1-2-17(10-12-3-4-12)14-7-5-11(9-13(14)16)6-8-15(18)19/h5-9,12H,2-4,10H2,1H3,(H,18,19). The van der Waals surface area contributed by atoms with Crippen LogP contribution in [0.1, 0.15) is 25.3 Å². The second-order valence-corrected chi connectivity index (χ2v) is 4.86. The molecule has 0 heterocycles. The molecule has 1 fully saturated rings. The van der Waals surface area contributed by atoms with Crippen LogP contribution in [-0.4, -0.2) is 24.2 Å². The first-order valence-electron chi connectivity index (χ1n) is 6.55. The average molecular weight is 263 g/mol. The Hall–Kier alpha value is -1.84. The van der Waals surface area contributed by atoms with Gasteiger partial charge in [0.25, 0.3) is 0 Å². The van der Waals surface area contributed by atoms with Gasteiger partial charge in [-0.25, -0.2) is 9.18 Å². The predicted octanol–water partition coefficient (Wildman–Crippen LogP) is 3.16. The van der Waals surface area contributed by atoms with Gasteiger partial charge >= 0.3 is 5.97 Å². The first kappa shape index (κ1) is 13.6. The monoisotopic (exact) mass is 263 g/mol. The number of aliphatic carboxylic acids is 1. The second-order valence-electron chi connectivity index (χ2n) is 4.86. The van der Waals surface area contributed by atoms with Crippen LogP contribution >= 0.6 is 0 Å². The molecule has 2 rings (SSSR count). The number of halogens is 1. The number of hydrogen-bond acceptors (Lipinski definition) is 2. The number of carboxylic acids is 1. The Morgan fingerprint density at radius 2 is 2.26 bits per heavy atom. The summed E-state index contributed by atoms with van der Waals surface area (Å²) in [6.45, 7) is 3.69. The summed E-state index contributed by atoms with van der Waals surface area (Å²) in [6, 6.07) is 4.85. The van der Waals surface area contributed by atoms with E-state index in [0.717, 1.165) is 19.2 Å². The maximum Gasteiger partial charge on any atom is 0.328 e. The van der Waals surface area contributed by atoms with E-state index in [0.29, 0.717) is 17.2 Å². The van der Waals surface area contributed by atoms with Crippen LogP contribution in [0.15, 0.2) is 24.3 Å². The molecule has 4 heteroatoms. The quantitative estimate of drug-likeness (QED) is 0.801. The largest absolute Gasteiger partial charge is 0.478 e. The minimum absolute atomic E-state index is 0.296. The summed E-state index contributed by atoms with van der Waals surface area (Å²) < 4.78 is 14.1. The zero-order valence-electron chi connectivity index (χ0n) is 11.0. The Balaban J connectivity index is 2.14. The summed E-state index contributed by atoms with van der Waals surface area (Å²) in [5, 5.41) is 8.54. The van der Waals surface area contributed by atoms with Gasteiger partial charge in [-0.15, -0.1) is 0 Å². The van der Waals surface area contributed by atoms with Gasteiger partial charge in [0, 0.05) is 19.2 Å². The molecule has 0 aromatic heterocycles. The van der Waals surface area contributed by atoms with E-state index in [1.165, 1.54) is 25.0 Å². The van der Waals surface area contributed by atoms with E-state index in [1.54, 1.807) is 12.1 Å². The molecule has 1 saturated carbocycles. The van der Waals surface area contributed by atoms with Gasteiger partial charge in [0.15, 0.2) is 0 Å². The van der Waals surface area contributed by atoms with Crippen LogP contribution in [0.25, 0.3) is 6.08 Å². The zero-order valence-corrected chi connectivity index (χ0v) is 11.0. The van der Waals surface area contributed by atoms with Crippen molar-refractivity contribution in [3.8, 4) is 0 Å². The van der Waals surface area contributed by atoms with Gasteiger partial charge < -0.3 is 10.0 Å². The molecule has 1 aliphatic carbocycles. The van der Waals surface area contributed by atoms with Crippen molar-refractivity contribution in [2.75, 3.05) is 18.0 Å². The van der Waals surface area contributed by atoms with Gasteiger partial charge in [-0.1, -0.05) is 6.07 Å². The van der Waals surface area contributed by atoms with E-state index in [4.69, 9.17) is 5.11 Å². The van der Waals surface area contributed by atoms with Crippen LogP contribution in [0.2, 0.25) is 0 Å². The zero-order chi connectivity index (χ0) is 13.8. The van der Waals surface area contributed by atoms with Crippen LogP contribution in [0.5, 0.6) is 0 Å². The molecular formula is C15H18FNO2. The fraction of sp³-hybridized carbons (Fsp3) is 0.400. The summed E-state index contributed by atoms with van der Waals surface area (Å²) in [5.74, 6) is -0.630. The summed E-state index contributed by atoms with van der Waals surface area (Å²) in [6.07, 6.45) is 4.87. The average Bonchev–Trinajstić information content (AvgIpc) is 3.18. The van der Waals surface area contributed by atoms with Crippen LogP contribution < -0.4 is 4.90 Å². The lowest BCUT2D eigenvalue weighted by Gasteiger charge is -2.23. The molecule has 1 N–H and O–H groups in total. The lowest BCUT2D eigenvalue weighted by Crippen LogP contribution is -2.26. The highest BCUT2D eigenvalue weighted by Gasteiger charge is 2.24. The highest BCUT2D eigenvalue weighted by molar-refractivity contribution is 5.85. The van der Waals surface area contributed by atoms with Crippen molar-refractivity contribution >= 4 is 17.7 Å². The highest BCUT2D eigenvalue weighted by atomic mass is 19.1. The number of nitrogens with zero attached hydrogens (tertiary/aromatic N) is 1. The summed E-state index contributed by atoms with van der Waals surface area (Å²) in [4.78, 5) is 12.5. The van der Waals surface area contributed by atoms with Crippen molar-refractivity contribution in [1.82, 2.24) is 0 Å². The van der Waals surface area contributed by atoms with Crippen LogP contribution in [0, 0.1) is 11.7 Å². The Bertz CT molecular complexity index is 495. The topological polar surface area (TPSA) is 40.5 Å². The van der Waals surface area contributed by atoms with E-state index >= 15 is 0 Å². The number of benzene rings is 1. The normalized spacial score (nSPS) is 14.8. The van der Waals surface area contributed by atoms with Gasteiger partial charge in [0.1, 0.15) is 5.82 Å². The third-order valence-corrected chi connectivity index (χ3v) is 3.29. The van der Waals surface area contributed by atoms with Gasteiger partial charge in [-0.2, -0.15) is 0 Å². The Morgan fingerprint density at radius 3 is 2.79 bits per heavy atom. The molecule has 0 spiro atoms. The molecule has 1 aliphatic rings. The molecule has 102 valence electrons. The number of hydrogen-bond donors (Lipinski definition) is 1. The van der Waals surface area contributed by atoms with Crippen molar-refractivity contribution in [2.24, 2.45) is 5.92 Å². The first-order valence-corrected chi connectivity index (χ1v) is 6.55. The van der Waals surface area contributed by atoms with E-state index in [1.807, 2.05) is 11.8 Å². The highest BCUT2D eigenvalue weighted by Crippen LogP contribution is 2.32. The van der Waals surface area contributed by atoms with Crippen molar-refractivity contribution in [1.29, 1.82) is 0 Å². The predicted molar refractivity (Wildman–Crippen MR) is 73.7 cm³/mol. The van der Waals surface area contributed by atoms with E-state index < -0.39 is 5.97 Å². The van der Waals surface area contributed by atoms with E-state index in [9.17, 15) is 9.18 Å². The van der Waals surface area contributed by atoms with Crippen LogP contribution in [0.3, 0.4) is 0 Å². The number of carbonyl (C=O) groups is 1. The molecule has 1 aromatic carbocycles. The van der Waals surface area contributed by atoms with Crippen molar-refractivity contribution in [2.45, 2.75) is 19.8 Å². The van der Waals surface area contributed by atoms with Gasteiger partial charge in [-0.3, -0.25) is 0 Å². The van der Waals surface area contributed by atoms with Gasteiger partial charge in [0.05, 0.1) is 5.69 Å². The molecule has 19 heavy (non-hydrogen) atoms. The fourth-order valence-corrected chi connectivity index (χ4v) is 2.06. The molecule has 0 amide bonds. The SMILES string of the molecule is CCN(CC1CC1)c1ccc(C=CC(=O)O)cc1F. The number of carboxylic acid groups (broad SMARTS) is 1. The first-order chi connectivity index (χ1) is 9.10. The Morgan fingerprint density at radius 1 is 1.53 bits per heavy atom. The smallest absolute Gasteiger partial charge is 0.328 e. The molecule has 3 nitrogen and oxygen atoms in total. The summed E-state index contributed by atoms with van der Waals surface area (Å²) in [5.41, 5.74) is 1.16. The van der Waals surface area contributed by atoms with Crippen molar-refractivity contribution < 1.29 is 14.3 Å². The number of rotatable bonds is 6. The summed E-state index contributed by atoms with van der Waals surface area (Å²) in [7, 11) is 0. The molecule has 1 aromatic rings. The third-order valence-electron chi connectivity index (χ3n) is 3.29. The van der Waals surface area contributed by atoms with Crippen molar-refractivity contribution in [3.05, 3.63) is 35.7 Å². The molecule has 0 radical (unpaired) electrons. The maximum absolute atomic E-state index is 14.1. The Labute approximate surface area is 112 Å². The molecule has 0 atom stereocenters. The van der Waals surface area contributed by atoms with E-state index in [2.05, 4.69) is 0 Å². The lowest BCUT2D eigenvalue weighted by atomic mass is 10.1. The fourth-order valence-electron chi connectivity index (χ4n) is 2.06. The molecule has 0 bridgehead atoms.